The monoisotopic (exact) mass is 547 g/mol. The number of rotatable bonds is 10. The minimum absolute atomic E-state index is 0. The van der Waals surface area contributed by atoms with Crippen LogP contribution in [0.5, 0.6) is 5.75 Å². The maximum atomic E-state index is 11.2. The molecule has 1 unspecified atom stereocenters. The van der Waals surface area contributed by atoms with Crippen molar-refractivity contribution in [1.29, 1.82) is 0 Å². The van der Waals surface area contributed by atoms with Crippen LogP contribution in [0.1, 0.15) is 27.7 Å². The molecule has 9 heteroatoms. The van der Waals surface area contributed by atoms with Gasteiger partial charge in [-0.3, -0.25) is 14.7 Å². The summed E-state index contributed by atoms with van der Waals surface area (Å²) in [5.74, 6) is 1.94. The van der Waals surface area contributed by atoms with Gasteiger partial charge in [-0.05, 0) is 25.0 Å². The number of aliphatic imine (C=N–C) groups is 1. The van der Waals surface area contributed by atoms with Crippen LogP contribution >= 0.6 is 24.0 Å². The van der Waals surface area contributed by atoms with Crippen molar-refractivity contribution >= 4 is 41.5 Å². The first-order chi connectivity index (χ1) is 14.5. The lowest BCUT2D eigenvalue weighted by Crippen LogP contribution is -2.48. The van der Waals surface area contributed by atoms with E-state index in [0.29, 0.717) is 25.1 Å². The van der Waals surface area contributed by atoms with Gasteiger partial charge >= 0.3 is 0 Å². The van der Waals surface area contributed by atoms with Crippen molar-refractivity contribution in [2.45, 2.75) is 33.7 Å². The van der Waals surface area contributed by atoms with Crippen LogP contribution in [0.15, 0.2) is 29.3 Å². The number of morpholine rings is 1. The Morgan fingerprint density at radius 3 is 2.65 bits per heavy atom. The van der Waals surface area contributed by atoms with Crippen LogP contribution in [-0.4, -0.2) is 75.4 Å². The molecule has 1 aromatic carbocycles. The Hall–Kier alpha value is -1.59. The Kier molecular flexibility index (Phi) is 13.5. The molecule has 1 amide bonds. The van der Waals surface area contributed by atoms with Gasteiger partial charge in [0.1, 0.15) is 12.4 Å². The molecular weight excluding hydrogens is 509 g/mol. The maximum absolute atomic E-state index is 11.2. The van der Waals surface area contributed by atoms with E-state index in [1.807, 2.05) is 24.3 Å². The largest absolute Gasteiger partial charge is 0.492 e. The first-order valence-electron chi connectivity index (χ1n) is 10.8. The summed E-state index contributed by atoms with van der Waals surface area (Å²) in [6, 6.07) is 7.78. The highest BCUT2D eigenvalue weighted by Gasteiger charge is 2.23. The van der Waals surface area contributed by atoms with Crippen LogP contribution in [0.4, 0.5) is 5.69 Å². The Balaban J connectivity index is 0.00000480. The summed E-state index contributed by atoms with van der Waals surface area (Å²) in [4.78, 5) is 18.5. The minimum Gasteiger partial charge on any atom is -0.492 e. The standard InChI is InChI=1S/C22H37N5O3.HI/c1-5-23-22(25-16-21(17(2)3)27-10-13-29-14-11-27)24-9-12-30-20-8-6-7-19(15-20)26-18(4)28;/h6-8,15,17,21H,5,9-14,16H2,1-4H3,(H,26,28)(H2,23,24,25);1H. The minimum atomic E-state index is -0.0999. The third-order valence-electron chi connectivity index (χ3n) is 4.88. The van der Waals surface area contributed by atoms with E-state index in [9.17, 15) is 4.79 Å². The molecule has 0 bridgehead atoms. The zero-order valence-corrected chi connectivity index (χ0v) is 21.5. The number of carbonyl (C=O) groups excluding carboxylic acids is 1. The summed E-state index contributed by atoms with van der Waals surface area (Å²) < 4.78 is 11.3. The number of hydrogen-bond donors (Lipinski definition) is 3. The van der Waals surface area contributed by atoms with Gasteiger partial charge in [0.05, 0.1) is 26.3 Å². The van der Waals surface area contributed by atoms with Gasteiger partial charge in [0.2, 0.25) is 5.91 Å². The topological polar surface area (TPSA) is 87.2 Å². The van der Waals surface area contributed by atoms with Crippen LogP contribution < -0.4 is 20.7 Å². The second kappa shape index (κ2) is 15.3. The van der Waals surface area contributed by atoms with E-state index in [0.717, 1.165) is 56.8 Å². The number of halogens is 1. The molecule has 0 saturated carbocycles. The van der Waals surface area contributed by atoms with Gasteiger partial charge in [-0.25, -0.2) is 0 Å². The molecule has 1 aliphatic heterocycles. The number of ether oxygens (including phenoxy) is 2. The van der Waals surface area contributed by atoms with Gasteiger partial charge < -0.3 is 25.4 Å². The summed E-state index contributed by atoms with van der Waals surface area (Å²) in [5.41, 5.74) is 0.728. The first kappa shape index (κ1) is 27.4. The molecule has 0 spiro atoms. The van der Waals surface area contributed by atoms with Crippen molar-refractivity contribution in [3.05, 3.63) is 24.3 Å². The lowest BCUT2D eigenvalue weighted by Gasteiger charge is -2.36. The number of nitrogens with zero attached hydrogens (tertiary/aromatic N) is 2. The molecular formula is C22H38IN5O3. The summed E-state index contributed by atoms with van der Waals surface area (Å²) in [5, 5.41) is 9.40. The molecule has 0 aliphatic carbocycles. The number of anilines is 1. The highest BCUT2D eigenvalue weighted by Crippen LogP contribution is 2.17. The number of hydrogen-bond acceptors (Lipinski definition) is 5. The molecule has 176 valence electrons. The van der Waals surface area contributed by atoms with Crippen molar-refractivity contribution in [3.63, 3.8) is 0 Å². The van der Waals surface area contributed by atoms with Crippen LogP contribution in [-0.2, 0) is 9.53 Å². The third kappa shape index (κ3) is 10.5. The van der Waals surface area contributed by atoms with Crippen LogP contribution in [0, 0.1) is 5.92 Å². The third-order valence-corrected chi connectivity index (χ3v) is 4.88. The molecule has 1 saturated heterocycles. The Morgan fingerprint density at radius 2 is 2.00 bits per heavy atom. The fourth-order valence-electron chi connectivity index (χ4n) is 3.39. The average Bonchev–Trinajstić information content (AvgIpc) is 2.71. The fraction of sp³-hybridized carbons (Fsp3) is 0.636. The predicted octanol–water partition coefficient (Wildman–Crippen LogP) is 2.55. The molecule has 31 heavy (non-hydrogen) atoms. The lowest BCUT2D eigenvalue weighted by atomic mass is 10.0. The molecule has 1 atom stereocenters. The average molecular weight is 547 g/mol. The van der Waals surface area contributed by atoms with Gasteiger partial charge in [-0.2, -0.15) is 0 Å². The lowest BCUT2D eigenvalue weighted by molar-refractivity contribution is -0.114. The second-order valence-electron chi connectivity index (χ2n) is 7.66. The van der Waals surface area contributed by atoms with Crippen LogP contribution in [0.25, 0.3) is 0 Å². The van der Waals surface area contributed by atoms with E-state index in [-0.39, 0.29) is 29.9 Å². The van der Waals surface area contributed by atoms with Crippen molar-refractivity contribution in [2.75, 3.05) is 57.9 Å². The Bertz CT molecular complexity index is 681. The molecule has 1 aromatic rings. The van der Waals surface area contributed by atoms with E-state index in [1.165, 1.54) is 6.92 Å². The molecule has 0 radical (unpaired) electrons. The van der Waals surface area contributed by atoms with E-state index in [4.69, 9.17) is 14.5 Å². The number of nitrogens with one attached hydrogen (secondary N) is 3. The quantitative estimate of drug-likeness (QED) is 0.181. The SMILES string of the molecule is CCNC(=NCC(C(C)C)N1CCOCC1)NCCOc1cccc(NC(C)=O)c1.I. The molecule has 8 nitrogen and oxygen atoms in total. The van der Waals surface area contributed by atoms with Gasteiger partial charge in [0, 0.05) is 44.4 Å². The van der Waals surface area contributed by atoms with E-state index in [2.05, 4.69) is 41.6 Å². The van der Waals surface area contributed by atoms with Crippen molar-refractivity contribution in [3.8, 4) is 5.75 Å². The van der Waals surface area contributed by atoms with Crippen molar-refractivity contribution in [1.82, 2.24) is 15.5 Å². The summed E-state index contributed by atoms with van der Waals surface area (Å²) in [6.07, 6.45) is 0. The molecule has 2 rings (SSSR count). The Labute approximate surface area is 203 Å². The normalized spacial score (nSPS) is 15.7. The zero-order valence-electron chi connectivity index (χ0n) is 19.1. The van der Waals surface area contributed by atoms with Gasteiger partial charge in [0.25, 0.3) is 0 Å². The van der Waals surface area contributed by atoms with Gasteiger partial charge in [0.15, 0.2) is 5.96 Å². The summed E-state index contributed by atoms with van der Waals surface area (Å²) in [6.45, 7) is 14.2. The highest BCUT2D eigenvalue weighted by molar-refractivity contribution is 14.0. The summed E-state index contributed by atoms with van der Waals surface area (Å²) in [7, 11) is 0. The smallest absolute Gasteiger partial charge is 0.221 e. The van der Waals surface area contributed by atoms with E-state index in [1.54, 1.807) is 0 Å². The van der Waals surface area contributed by atoms with Crippen LogP contribution in [0.3, 0.4) is 0 Å². The van der Waals surface area contributed by atoms with E-state index >= 15 is 0 Å². The molecule has 1 heterocycles. The van der Waals surface area contributed by atoms with Crippen molar-refractivity contribution < 1.29 is 14.3 Å². The Morgan fingerprint density at radius 1 is 1.26 bits per heavy atom. The number of carbonyl (C=O) groups is 1. The highest BCUT2D eigenvalue weighted by atomic mass is 127. The van der Waals surface area contributed by atoms with Crippen LogP contribution in [0.2, 0.25) is 0 Å². The molecule has 3 N–H and O–H groups in total. The number of guanidine groups is 1. The molecule has 1 aliphatic rings. The summed E-state index contributed by atoms with van der Waals surface area (Å²) >= 11 is 0. The zero-order chi connectivity index (χ0) is 21.8. The number of amides is 1. The number of benzene rings is 1. The van der Waals surface area contributed by atoms with Crippen molar-refractivity contribution in [2.24, 2.45) is 10.9 Å². The van der Waals surface area contributed by atoms with Gasteiger partial charge in [-0.1, -0.05) is 19.9 Å². The van der Waals surface area contributed by atoms with E-state index < -0.39 is 0 Å². The molecule has 1 fully saturated rings. The van der Waals surface area contributed by atoms with Gasteiger partial charge in [-0.15, -0.1) is 24.0 Å². The fourth-order valence-corrected chi connectivity index (χ4v) is 3.39. The maximum Gasteiger partial charge on any atom is 0.221 e. The first-order valence-corrected chi connectivity index (χ1v) is 10.8. The predicted molar refractivity (Wildman–Crippen MR) is 137 cm³/mol. The molecule has 0 aromatic heterocycles. The second-order valence-corrected chi connectivity index (χ2v) is 7.66.